The zero-order chi connectivity index (χ0) is 12.1. The van der Waals surface area contributed by atoms with Crippen LogP contribution in [0.15, 0.2) is 16.9 Å². The van der Waals surface area contributed by atoms with E-state index in [-0.39, 0.29) is 23.2 Å². The van der Waals surface area contributed by atoms with E-state index < -0.39 is 0 Å². The summed E-state index contributed by atoms with van der Waals surface area (Å²) in [4.78, 5) is 24.6. The molecule has 5 heteroatoms. The summed E-state index contributed by atoms with van der Waals surface area (Å²) in [6, 6.07) is 2.89. The molecular weight excluding hydrogens is 206 g/mol. The Kier molecular flexibility index (Phi) is 4.22. The average molecular weight is 223 g/mol. The van der Waals surface area contributed by atoms with Gasteiger partial charge in [0.05, 0.1) is 0 Å². The van der Waals surface area contributed by atoms with Gasteiger partial charge in [-0.05, 0) is 26.3 Å². The highest BCUT2D eigenvalue weighted by Crippen LogP contribution is 2.05. The molecule has 0 bridgehead atoms. The predicted molar refractivity (Wildman–Crippen MR) is 61.3 cm³/mol. The quantitative estimate of drug-likeness (QED) is 0.829. The highest BCUT2D eigenvalue weighted by Gasteiger charge is 2.18. The molecule has 1 aromatic rings. The molecule has 88 valence electrons. The Morgan fingerprint density at radius 2 is 2.19 bits per heavy atom. The fraction of sp³-hybridized carbons (Fsp3) is 0.545. The monoisotopic (exact) mass is 223 g/mol. The van der Waals surface area contributed by atoms with Crippen LogP contribution in [0.1, 0.15) is 37.7 Å². The minimum absolute atomic E-state index is 0.126. The molecule has 0 aliphatic heterocycles. The topological polar surface area (TPSA) is 66.1 Å². The third kappa shape index (κ3) is 2.92. The molecule has 1 N–H and O–H groups in total. The molecule has 1 aromatic heterocycles. The van der Waals surface area contributed by atoms with Gasteiger partial charge in [0.25, 0.3) is 11.5 Å². The van der Waals surface area contributed by atoms with E-state index in [1.54, 1.807) is 4.90 Å². The normalized spacial score (nSPS) is 10.5. The summed E-state index contributed by atoms with van der Waals surface area (Å²) in [5.74, 6) is -0.145. The lowest BCUT2D eigenvalue weighted by Crippen LogP contribution is -2.38. The summed E-state index contributed by atoms with van der Waals surface area (Å²) in [5.41, 5.74) is -0.0233. The zero-order valence-corrected chi connectivity index (χ0v) is 9.86. The number of rotatable bonds is 4. The molecule has 1 heterocycles. The van der Waals surface area contributed by atoms with Gasteiger partial charge in [0, 0.05) is 18.7 Å². The Bertz CT molecular complexity index is 391. The van der Waals surface area contributed by atoms with Crippen LogP contribution in [-0.2, 0) is 0 Å². The molecular formula is C11H17N3O2. The van der Waals surface area contributed by atoms with Crippen LogP contribution in [0.2, 0.25) is 0 Å². The van der Waals surface area contributed by atoms with Gasteiger partial charge in [0.15, 0.2) is 0 Å². The van der Waals surface area contributed by atoms with E-state index in [0.29, 0.717) is 6.54 Å². The van der Waals surface area contributed by atoms with E-state index in [2.05, 4.69) is 10.2 Å². The van der Waals surface area contributed by atoms with E-state index in [1.807, 2.05) is 20.8 Å². The van der Waals surface area contributed by atoms with Crippen molar-refractivity contribution in [3.05, 3.63) is 28.2 Å². The van der Waals surface area contributed by atoms with Gasteiger partial charge >= 0.3 is 0 Å². The fourth-order valence-electron chi connectivity index (χ4n) is 1.45. The van der Waals surface area contributed by atoms with E-state index in [4.69, 9.17) is 0 Å². The van der Waals surface area contributed by atoms with Crippen molar-refractivity contribution in [1.82, 2.24) is 15.1 Å². The first-order valence-corrected chi connectivity index (χ1v) is 5.43. The second kappa shape index (κ2) is 5.44. The zero-order valence-electron chi connectivity index (χ0n) is 9.86. The maximum atomic E-state index is 12.0. The predicted octanol–water partition coefficient (Wildman–Crippen LogP) is 1.03. The first-order chi connectivity index (χ1) is 7.56. The molecule has 0 radical (unpaired) electrons. The molecule has 0 unspecified atom stereocenters. The van der Waals surface area contributed by atoms with Crippen molar-refractivity contribution in [2.75, 3.05) is 6.54 Å². The number of amides is 1. The number of carbonyl (C=O) groups is 1. The number of nitrogens with one attached hydrogen (secondary N) is 1. The van der Waals surface area contributed by atoms with Gasteiger partial charge in [0.2, 0.25) is 0 Å². The summed E-state index contributed by atoms with van der Waals surface area (Å²) in [6.45, 7) is 6.62. The van der Waals surface area contributed by atoms with Crippen molar-refractivity contribution in [3.63, 3.8) is 0 Å². The number of carbonyl (C=O) groups excluding carboxylic acids is 1. The number of hydrogen-bond donors (Lipinski definition) is 1. The Labute approximate surface area is 94.5 Å². The van der Waals surface area contributed by atoms with Crippen LogP contribution < -0.4 is 5.56 Å². The van der Waals surface area contributed by atoms with E-state index in [0.717, 1.165) is 6.42 Å². The van der Waals surface area contributed by atoms with E-state index in [9.17, 15) is 9.59 Å². The van der Waals surface area contributed by atoms with Gasteiger partial charge < -0.3 is 4.90 Å². The third-order valence-corrected chi connectivity index (χ3v) is 2.25. The van der Waals surface area contributed by atoms with Crippen LogP contribution in [0.4, 0.5) is 0 Å². The second-order valence-electron chi connectivity index (χ2n) is 3.90. The number of aromatic amines is 1. The van der Waals surface area contributed by atoms with Gasteiger partial charge in [-0.25, -0.2) is 5.10 Å². The van der Waals surface area contributed by atoms with Crippen LogP contribution in [0.5, 0.6) is 0 Å². The Morgan fingerprint density at radius 1 is 1.50 bits per heavy atom. The molecule has 0 saturated heterocycles. The summed E-state index contributed by atoms with van der Waals surface area (Å²) < 4.78 is 0. The van der Waals surface area contributed by atoms with Crippen LogP contribution in [0.25, 0.3) is 0 Å². The molecule has 5 nitrogen and oxygen atoms in total. The summed E-state index contributed by atoms with van der Waals surface area (Å²) in [7, 11) is 0. The summed E-state index contributed by atoms with van der Waals surface area (Å²) in [6.07, 6.45) is 0.896. The van der Waals surface area contributed by atoms with Crippen LogP contribution in [0, 0.1) is 0 Å². The molecule has 16 heavy (non-hydrogen) atoms. The first kappa shape index (κ1) is 12.4. The second-order valence-corrected chi connectivity index (χ2v) is 3.90. The number of hydrogen-bond acceptors (Lipinski definition) is 3. The molecule has 0 atom stereocenters. The van der Waals surface area contributed by atoms with Crippen molar-refractivity contribution in [1.29, 1.82) is 0 Å². The molecule has 0 spiro atoms. The lowest BCUT2D eigenvalue weighted by atomic mass is 10.2. The first-order valence-electron chi connectivity index (χ1n) is 5.43. The molecule has 0 aliphatic rings. The van der Waals surface area contributed by atoms with Gasteiger partial charge in [-0.2, -0.15) is 5.10 Å². The van der Waals surface area contributed by atoms with Crippen molar-refractivity contribution in [3.8, 4) is 0 Å². The fourth-order valence-corrected chi connectivity index (χ4v) is 1.45. The van der Waals surface area contributed by atoms with Crippen LogP contribution in [-0.4, -0.2) is 33.6 Å². The maximum Gasteiger partial charge on any atom is 0.274 e. The van der Waals surface area contributed by atoms with Crippen molar-refractivity contribution >= 4 is 5.91 Å². The largest absolute Gasteiger partial charge is 0.335 e. The maximum absolute atomic E-state index is 12.0. The van der Waals surface area contributed by atoms with Gasteiger partial charge in [-0.3, -0.25) is 9.59 Å². The summed E-state index contributed by atoms with van der Waals surface area (Å²) in [5, 5.41) is 6.00. The van der Waals surface area contributed by atoms with Crippen LogP contribution in [0.3, 0.4) is 0 Å². The molecule has 0 fully saturated rings. The van der Waals surface area contributed by atoms with Crippen molar-refractivity contribution in [2.24, 2.45) is 0 Å². The Morgan fingerprint density at radius 3 is 2.62 bits per heavy atom. The molecule has 1 rings (SSSR count). The smallest absolute Gasteiger partial charge is 0.274 e. The van der Waals surface area contributed by atoms with Crippen molar-refractivity contribution < 1.29 is 4.79 Å². The SMILES string of the molecule is CCCN(C(=O)c1ccc(=O)[nH]n1)C(C)C. The Balaban J connectivity index is 2.90. The van der Waals surface area contributed by atoms with Crippen molar-refractivity contribution in [2.45, 2.75) is 33.2 Å². The number of H-pyrrole nitrogens is 1. The van der Waals surface area contributed by atoms with Gasteiger partial charge in [0.1, 0.15) is 5.69 Å². The minimum Gasteiger partial charge on any atom is -0.335 e. The molecule has 0 aromatic carbocycles. The standard InChI is InChI=1S/C11H17N3O2/c1-4-7-14(8(2)3)11(16)9-5-6-10(15)13-12-9/h5-6,8H,4,7H2,1-3H3,(H,13,15). The van der Waals surface area contributed by atoms with E-state index in [1.165, 1.54) is 12.1 Å². The average Bonchev–Trinajstić information content (AvgIpc) is 2.25. The Hall–Kier alpha value is -1.65. The molecule has 0 saturated carbocycles. The number of aromatic nitrogens is 2. The lowest BCUT2D eigenvalue weighted by molar-refractivity contribution is 0.0698. The molecule has 0 aliphatic carbocycles. The van der Waals surface area contributed by atoms with Gasteiger partial charge in [-0.15, -0.1) is 0 Å². The van der Waals surface area contributed by atoms with Crippen LogP contribution >= 0.6 is 0 Å². The highest BCUT2D eigenvalue weighted by atomic mass is 16.2. The summed E-state index contributed by atoms with van der Waals surface area (Å²) >= 11 is 0. The molecule has 1 amide bonds. The minimum atomic E-state index is -0.303. The lowest BCUT2D eigenvalue weighted by Gasteiger charge is -2.25. The third-order valence-electron chi connectivity index (χ3n) is 2.25. The highest BCUT2D eigenvalue weighted by molar-refractivity contribution is 5.92. The van der Waals surface area contributed by atoms with Gasteiger partial charge in [-0.1, -0.05) is 6.92 Å². The number of nitrogens with zero attached hydrogens (tertiary/aromatic N) is 2. The van der Waals surface area contributed by atoms with E-state index >= 15 is 0 Å².